The van der Waals surface area contributed by atoms with Crippen LogP contribution in [0, 0.1) is 5.92 Å². The van der Waals surface area contributed by atoms with E-state index in [1.807, 2.05) is 6.92 Å². The van der Waals surface area contributed by atoms with Crippen molar-refractivity contribution in [2.75, 3.05) is 20.1 Å². The Bertz CT molecular complexity index is 291. The zero-order chi connectivity index (χ0) is 14.5. The lowest BCUT2D eigenvalue weighted by molar-refractivity contribution is -0.126. The Labute approximate surface area is 118 Å². The average molecular weight is 269 g/mol. The number of rotatable bonds is 7. The monoisotopic (exact) mass is 269 g/mol. The van der Waals surface area contributed by atoms with Crippen molar-refractivity contribution in [3.8, 4) is 0 Å². The molecule has 0 heterocycles. The third kappa shape index (κ3) is 4.18. The molecule has 0 bridgehead atoms. The summed E-state index contributed by atoms with van der Waals surface area (Å²) in [6.45, 7) is 8.45. The molecule has 0 saturated heterocycles. The molecular weight excluding hydrogens is 238 g/mol. The molecule has 1 aliphatic rings. The van der Waals surface area contributed by atoms with E-state index in [9.17, 15) is 4.79 Å². The first-order chi connectivity index (χ1) is 8.95. The van der Waals surface area contributed by atoms with Crippen molar-refractivity contribution in [2.24, 2.45) is 11.7 Å². The number of nitrogens with zero attached hydrogens (tertiary/aromatic N) is 1. The second-order valence-electron chi connectivity index (χ2n) is 6.18. The summed E-state index contributed by atoms with van der Waals surface area (Å²) in [7, 11) is 2.18. The fourth-order valence-corrected chi connectivity index (χ4v) is 3.20. The molecule has 1 rings (SSSR count). The highest BCUT2D eigenvalue weighted by atomic mass is 16.1. The van der Waals surface area contributed by atoms with Crippen LogP contribution >= 0.6 is 0 Å². The summed E-state index contributed by atoms with van der Waals surface area (Å²) in [4.78, 5) is 14.3. The van der Waals surface area contributed by atoms with Gasteiger partial charge in [-0.05, 0) is 45.2 Å². The number of carbonyl (C=O) groups is 1. The number of hydrogen-bond donors (Lipinski definition) is 2. The van der Waals surface area contributed by atoms with Crippen LogP contribution in [0.1, 0.15) is 52.9 Å². The summed E-state index contributed by atoms with van der Waals surface area (Å²) < 4.78 is 0. The third-order valence-corrected chi connectivity index (χ3v) is 4.63. The van der Waals surface area contributed by atoms with Gasteiger partial charge < -0.3 is 16.0 Å². The molecule has 112 valence electrons. The van der Waals surface area contributed by atoms with Gasteiger partial charge in [-0.1, -0.05) is 27.2 Å². The number of hydrogen-bond acceptors (Lipinski definition) is 3. The zero-order valence-corrected chi connectivity index (χ0v) is 13.0. The zero-order valence-electron chi connectivity index (χ0n) is 13.0. The molecule has 1 saturated carbocycles. The van der Waals surface area contributed by atoms with Gasteiger partial charge in [0.15, 0.2) is 0 Å². The number of likely N-dealkylation sites (N-methyl/N-ethyl adjacent to an activating group) is 1. The van der Waals surface area contributed by atoms with Crippen molar-refractivity contribution >= 4 is 5.91 Å². The normalized spacial score (nSPS) is 29.4. The summed E-state index contributed by atoms with van der Waals surface area (Å²) in [6, 6.07) is 0.467. The average Bonchev–Trinajstić information content (AvgIpc) is 2.39. The first-order valence-electron chi connectivity index (χ1n) is 7.70. The van der Waals surface area contributed by atoms with Gasteiger partial charge >= 0.3 is 0 Å². The molecule has 3 N–H and O–H groups in total. The topological polar surface area (TPSA) is 58.4 Å². The van der Waals surface area contributed by atoms with Crippen LogP contribution in [0.5, 0.6) is 0 Å². The first-order valence-corrected chi connectivity index (χ1v) is 7.70. The van der Waals surface area contributed by atoms with Gasteiger partial charge in [0, 0.05) is 12.6 Å². The van der Waals surface area contributed by atoms with Gasteiger partial charge in [-0.15, -0.1) is 0 Å². The second-order valence-corrected chi connectivity index (χ2v) is 6.18. The van der Waals surface area contributed by atoms with Crippen LogP contribution in [-0.4, -0.2) is 42.5 Å². The van der Waals surface area contributed by atoms with Crippen LogP contribution in [0.25, 0.3) is 0 Å². The molecule has 0 spiro atoms. The summed E-state index contributed by atoms with van der Waals surface area (Å²) in [5.41, 5.74) is 5.17. The van der Waals surface area contributed by atoms with E-state index in [2.05, 4.69) is 31.1 Å². The van der Waals surface area contributed by atoms with Crippen molar-refractivity contribution in [1.29, 1.82) is 0 Å². The molecule has 0 radical (unpaired) electrons. The van der Waals surface area contributed by atoms with Gasteiger partial charge in [0.25, 0.3) is 0 Å². The molecule has 4 heteroatoms. The maximum atomic E-state index is 11.9. The molecular formula is C15H31N3O. The smallest absolute Gasteiger partial charge is 0.237 e. The highest BCUT2D eigenvalue weighted by molar-refractivity contribution is 5.84. The molecule has 1 amide bonds. The van der Waals surface area contributed by atoms with Crippen molar-refractivity contribution in [3.63, 3.8) is 0 Å². The lowest BCUT2D eigenvalue weighted by atomic mass is 9.77. The number of carbonyl (C=O) groups excluding carboxylic acids is 1. The maximum Gasteiger partial charge on any atom is 0.237 e. The molecule has 3 unspecified atom stereocenters. The van der Waals surface area contributed by atoms with E-state index in [1.165, 1.54) is 12.8 Å². The summed E-state index contributed by atoms with van der Waals surface area (Å²) >= 11 is 0. The van der Waals surface area contributed by atoms with Gasteiger partial charge in [-0.25, -0.2) is 0 Å². The molecule has 19 heavy (non-hydrogen) atoms. The molecule has 1 aliphatic carbocycles. The molecule has 3 atom stereocenters. The highest BCUT2D eigenvalue weighted by Crippen LogP contribution is 2.31. The summed E-state index contributed by atoms with van der Waals surface area (Å²) in [5.74, 6) is 0.519. The van der Waals surface area contributed by atoms with Crippen molar-refractivity contribution in [1.82, 2.24) is 10.2 Å². The van der Waals surface area contributed by atoms with E-state index >= 15 is 0 Å². The minimum Gasteiger partial charge on any atom is -0.368 e. The Morgan fingerprint density at radius 1 is 1.53 bits per heavy atom. The highest BCUT2D eigenvalue weighted by Gasteiger charge is 2.41. The number of primary amides is 1. The molecule has 1 fully saturated rings. The first kappa shape index (κ1) is 16.4. The summed E-state index contributed by atoms with van der Waals surface area (Å²) in [6.07, 6.45) is 5.18. The molecule has 0 aliphatic heterocycles. The third-order valence-electron chi connectivity index (χ3n) is 4.63. The standard InChI is InChI=1S/C15H31N3O/c1-5-12(3)11-18(4)13-8-7-9-15(10-13,14(16)19)17-6-2/h12-13,17H,5-11H2,1-4H3,(H2,16,19). The van der Waals surface area contributed by atoms with Crippen molar-refractivity contribution < 1.29 is 4.79 Å². The Balaban J connectivity index is 2.69. The fraction of sp³-hybridized carbons (Fsp3) is 0.933. The minimum absolute atomic E-state index is 0.184. The Kier molecular flexibility index (Phi) is 6.27. The van der Waals surface area contributed by atoms with Crippen LogP contribution < -0.4 is 11.1 Å². The van der Waals surface area contributed by atoms with Crippen molar-refractivity contribution in [2.45, 2.75) is 64.5 Å². The fourth-order valence-electron chi connectivity index (χ4n) is 3.20. The van der Waals surface area contributed by atoms with E-state index < -0.39 is 5.54 Å². The Morgan fingerprint density at radius 3 is 2.74 bits per heavy atom. The Hall–Kier alpha value is -0.610. The van der Waals surface area contributed by atoms with Gasteiger partial charge in [0.1, 0.15) is 0 Å². The van der Waals surface area contributed by atoms with Gasteiger partial charge in [0.2, 0.25) is 5.91 Å². The maximum absolute atomic E-state index is 11.9. The van der Waals surface area contributed by atoms with E-state index in [1.54, 1.807) is 0 Å². The van der Waals surface area contributed by atoms with Crippen LogP contribution in [-0.2, 0) is 4.79 Å². The van der Waals surface area contributed by atoms with Crippen LogP contribution in [0.15, 0.2) is 0 Å². The van der Waals surface area contributed by atoms with Crippen LogP contribution in [0.4, 0.5) is 0 Å². The number of nitrogens with two attached hydrogens (primary N) is 1. The lowest BCUT2D eigenvalue weighted by Gasteiger charge is -2.43. The quantitative estimate of drug-likeness (QED) is 0.740. The SMILES string of the molecule is CCNC1(C(N)=O)CCCC(N(C)CC(C)CC)C1. The van der Waals surface area contributed by atoms with Gasteiger partial charge in [-0.2, -0.15) is 0 Å². The lowest BCUT2D eigenvalue weighted by Crippen LogP contribution is -2.60. The van der Waals surface area contributed by atoms with E-state index in [-0.39, 0.29) is 5.91 Å². The Morgan fingerprint density at radius 2 is 2.21 bits per heavy atom. The van der Waals surface area contributed by atoms with Crippen LogP contribution in [0.2, 0.25) is 0 Å². The van der Waals surface area contributed by atoms with Crippen molar-refractivity contribution in [3.05, 3.63) is 0 Å². The van der Waals surface area contributed by atoms with Gasteiger partial charge in [-0.3, -0.25) is 4.79 Å². The van der Waals surface area contributed by atoms with Gasteiger partial charge in [0.05, 0.1) is 5.54 Å². The summed E-state index contributed by atoms with van der Waals surface area (Å²) in [5, 5.41) is 3.35. The number of amides is 1. The molecule has 4 nitrogen and oxygen atoms in total. The number of nitrogens with one attached hydrogen (secondary N) is 1. The molecule has 0 aromatic carbocycles. The largest absolute Gasteiger partial charge is 0.368 e. The van der Waals surface area contributed by atoms with Crippen LogP contribution in [0.3, 0.4) is 0 Å². The van der Waals surface area contributed by atoms with E-state index in [4.69, 9.17) is 5.73 Å². The predicted molar refractivity (Wildman–Crippen MR) is 79.9 cm³/mol. The minimum atomic E-state index is -0.485. The van der Waals surface area contributed by atoms with E-state index in [0.717, 1.165) is 32.4 Å². The van der Waals surface area contributed by atoms with E-state index in [0.29, 0.717) is 12.0 Å². The second kappa shape index (κ2) is 7.25. The molecule has 0 aromatic rings. The predicted octanol–water partition coefficient (Wildman–Crippen LogP) is 1.74. The molecule has 0 aromatic heterocycles.